The number of pyridine rings is 1. The van der Waals surface area contributed by atoms with Gasteiger partial charge in [-0.15, -0.1) is 0 Å². The molecule has 5 nitrogen and oxygen atoms in total. The fourth-order valence-electron chi connectivity index (χ4n) is 4.45. The lowest BCUT2D eigenvalue weighted by Crippen LogP contribution is -2.36. The van der Waals surface area contributed by atoms with Crippen LogP contribution in [0.2, 0.25) is 0 Å². The van der Waals surface area contributed by atoms with Crippen molar-refractivity contribution in [1.29, 1.82) is 5.41 Å². The molecule has 200 valence electrons. The van der Waals surface area contributed by atoms with E-state index in [1.165, 1.54) is 12.0 Å². The van der Waals surface area contributed by atoms with E-state index >= 15 is 0 Å². The van der Waals surface area contributed by atoms with Crippen molar-refractivity contribution in [3.05, 3.63) is 114 Å². The molecule has 0 saturated carbocycles. The van der Waals surface area contributed by atoms with Gasteiger partial charge < -0.3 is 10.2 Å². The van der Waals surface area contributed by atoms with Crippen LogP contribution in [0.5, 0.6) is 0 Å². The van der Waals surface area contributed by atoms with Crippen molar-refractivity contribution < 1.29 is 0 Å². The van der Waals surface area contributed by atoms with Gasteiger partial charge in [0.25, 0.3) is 0 Å². The summed E-state index contributed by atoms with van der Waals surface area (Å²) in [5.41, 5.74) is 8.78. The molecule has 1 aliphatic heterocycles. The maximum absolute atomic E-state index is 8.91. The van der Waals surface area contributed by atoms with E-state index in [2.05, 4.69) is 78.0 Å². The predicted molar refractivity (Wildman–Crippen MR) is 162 cm³/mol. The van der Waals surface area contributed by atoms with Gasteiger partial charge in [-0.1, -0.05) is 50.9 Å². The standard InChI is InChI=1S/C33H43N5/c1-8-16-38(10-3)27(7)24(4)13-15-31(9-2)36-26(6)33(34)32-20-29(14-12-25(32)5)30-19-28(21-35-22-30)23-37-17-11-18-37/h9,12-15,19-22,34,36H,4,6-8,10-11,16-18,23H2,1-3,5H3/b15-13-,31-9+,34-33?. The van der Waals surface area contributed by atoms with E-state index in [1.807, 2.05) is 44.5 Å². The van der Waals surface area contributed by atoms with Crippen molar-refractivity contribution in [3.8, 4) is 11.1 Å². The summed E-state index contributed by atoms with van der Waals surface area (Å²) in [6.45, 7) is 26.0. The lowest BCUT2D eigenvalue weighted by molar-refractivity contribution is 0.172. The zero-order valence-electron chi connectivity index (χ0n) is 23.6. The third-order valence-corrected chi connectivity index (χ3v) is 6.99. The molecule has 3 rings (SSSR count). The van der Waals surface area contributed by atoms with E-state index < -0.39 is 0 Å². The second-order valence-electron chi connectivity index (χ2n) is 9.85. The maximum atomic E-state index is 8.91. The highest BCUT2D eigenvalue weighted by molar-refractivity contribution is 6.11. The Balaban J connectivity index is 1.71. The summed E-state index contributed by atoms with van der Waals surface area (Å²) in [6, 6.07) is 8.44. The van der Waals surface area contributed by atoms with Gasteiger partial charge in [0.05, 0.1) is 11.4 Å². The zero-order valence-corrected chi connectivity index (χ0v) is 23.6. The molecule has 0 bridgehead atoms. The molecule has 0 unspecified atom stereocenters. The second-order valence-corrected chi connectivity index (χ2v) is 9.85. The zero-order chi connectivity index (χ0) is 27.7. The highest BCUT2D eigenvalue weighted by Gasteiger charge is 2.15. The van der Waals surface area contributed by atoms with Crippen LogP contribution in [0.3, 0.4) is 0 Å². The molecule has 1 aliphatic rings. The minimum atomic E-state index is 0.366. The number of hydrogen-bond acceptors (Lipinski definition) is 5. The summed E-state index contributed by atoms with van der Waals surface area (Å²) < 4.78 is 0. The number of likely N-dealkylation sites (tertiary alicyclic amines) is 1. The van der Waals surface area contributed by atoms with Crippen LogP contribution in [0.25, 0.3) is 11.1 Å². The summed E-state index contributed by atoms with van der Waals surface area (Å²) >= 11 is 0. The number of benzene rings is 1. The summed E-state index contributed by atoms with van der Waals surface area (Å²) in [4.78, 5) is 9.15. The van der Waals surface area contributed by atoms with Gasteiger partial charge in [0.2, 0.25) is 0 Å². The molecule has 0 spiro atoms. The minimum absolute atomic E-state index is 0.366. The average Bonchev–Trinajstić information content (AvgIpc) is 2.91. The van der Waals surface area contributed by atoms with Crippen LogP contribution in [0.1, 0.15) is 50.3 Å². The lowest BCUT2D eigenvalue weighted by atomic mass is 9.96. The van der Waals surface area contributed by atoms with Gasteiger partial charge in [-0.05, 0) is 87.2 Å². The first-order valence-electron chi connectivity index (χ1n) is 13.6. The summed E-state index contributed by atoms with van der Waals surface area (Å²) in [7, 11) is 0. The normalized spacial score (nSPS) is 13.7. The molecule has 2 N–H and O–H groups in total. The first kappa shape index (κ1) is 28.9. The molecule has 38 heavy (non-hydrogen) atoms. The van der Waals surface area contributed by atoms with E-state index in [0.29, 0.717) is 11.4 Å². The predicted octanol–water partition coefficient (Wildman–Crippen LogP) is 7.00. The number of nitrogens with zero attached hydrogens (tertiary/aromatic N) is 3. The molecular formula is C33H43N5. The van der Waals surface area contributed by atoms with Crippen LogP contribution < -0.4 is 5.32 Å². The molecule has 1 aromatic carbocycles. The molecular weight excluding hydrogens is 466 g/mol. The molecule has 0 atom stereocenters. The number of aromatic nitrogens is 1. The molecule has 0 aliphatic carbocycles. The van der Waals surface area contributed by atoms with Gasteiger partial charge in [-0.25, -0.2) is 0 Å². The van der Waals surface area contributed by atoms with Crippen molar-refractivity contribution in [2.24, 2.45) is 0 Å². The molecule has 1 aromatic heterocycles. The number of rotatable bonds is 14. The smallest absolute Gasteiger partial charge is 0.0843 e. The minimum Gasteiger partial charge on any atom is -0.372 e. The average molecular weight is 510 g/mol. The van der Waals surface area contributed by atoms with Crippen molar-refractivity contribution in [1.82, 2.24) is 20.1 Å². The van der Waals surface area contributed by atoms with Gasteiger partial charge in [0.1, 0.15) is 0 Å². The van der Waals surface area contributed by atoms with Gasteiger partial charge >= 0.3 is 0 Å². The highest BCUT2D eigenvalue weighted by atomic mass is 15.2. The molecule has 1 saturated heterocycles. The van der Waals surface area contributed by atoms with Crippen molar-refractivity contribution in [3.63, 3.8) is 0 Å². The number of aryl methyl sites for hydroxylation is 1. The Morgan fingerprint density at radius 2 is 1.87 bits per heavy atom. The fraction of sp³-hybridized carbons (Fsp3) is 0.333. The van der Waals surface area contributed by atoms with Crippen molar-refractivity contribution >= 4 is 5.71 Å². The van der Waals surface area contributed by atoms with Crippen molar-refractivity contribution in [2.75, 3.05) is 26.2 Å². The fourth-order valence-corrected chi connectivity index (χ4v) is 4.45. The van der Waals surface area contributed by atoms with Crippen LogP contribution in [0.4, 0.5) is 0 Å². The number of hydrogen-bond donors (Lipinski definition) is 2. The molecule has 5 heteroatoms. The van der Waals surface area contributed by atoms with Crippen LogP contribution >= 0.6 is 0 Å². The summed E-state index contributed by atoms with van der Waals surface area (Å²) in [5.74, 6) is 0. The Labute approximate surface area is 229 Å². The highest BCUT2D eigenvalue weighted by Crippen LogP contribution is 2.25. The molecule has 2 heterocycles. The molecule has 1 fully saturated rings. The largest absolute Gasteiger partial charge is 0.372 e. The SMILES string of the molecule is C=C(/C=C\C(=C/C)NC(=C)C(=N)c1cc(-c2cncc(CN3CCC3)c2)ccc1C)C(=C)N(CC)CCC. The molecule has 0 radical (unpaired) electrons. The Hall–Kier alpha value is -3.70. The van der Waals surface area contributed by atoms with Gasteiger partial charge in [0.15, 0.2) is 0 Å². The van der Waals surface area contributed by atoms with Gasteiger partial charge in [-0.2, -0.15) is 0 Å². The topological polar surface area (TPSA) is 55.3 Å². The number of nitrogens with one attached hydrogen (secondary N) is 2. The maximum Gasteiger partial charge on any atom is 0.0843 e. The van der Waals surface area contributed by atoms with Gasteiger partial charge in [0, 0.05) is 54.5 Å². The van der Waals surface area contributed by atoms with Crippen LogP contribution in [-0.4, -0.2) is 46.7 Å². The van der Waals surface area contributed by atoms with E-state index in [4.69, 9.17) is 5.41 Å². The third-order valence-electron chi connectivity index (χ3n) is 6.99. The Morgan fingerprint density at radius 3 is 2.50 bits per heavy atom. The second kappa shape index (κ2) is 13.7. The first-order chi connectivity index (χ1) is 18.3. The Kier molecular flexibility index (Phi) is 10.4. The Bertz CT molecular complexity index is 1250. The first-order valence-corrected chi connectivity index (χ1v) is 13.6. The summed E-state index contributed by atoms with van der Waals surface area (Å²) in [5, 5.41) is 12.2. The van der Waals surface area contributed by atoms with Crippen LogP contribution in [0, 0.1) is 12.3 Å². The summed E-state index contributed by atoms with van der Waals surface area (Å²) in [6.07, 6.45) is 12.1. The van der Waals surface area contributed by atoms with Gasteiger partial charge in [-0.3, -0.25) is 15.3 Å². The monoisotopic (exact) mass is 509 g/mol. The van der Waals surface area contributed by atoms with E-state index in [1.54, 1.807) is 0 Å². The van der Waals surface area contributed by atoms with E-state index in [0.717, 1.165) is 78.4 Å². The third kappa shape index (κ3) is 7.42. The lowest BCUT2D eigenvalue weighted by Gasteiger charge is -2.30. The number of allylic oxidation sites excluding steroid dienone is 4. The quantitative estimate of drug-likeness (QED) is 0.213. The van der Waals surface area contributed by atoms with E-state index in [9.17, 15) is 0 Å². The van der Waals surface area contributed by atoms with E-state index in [-0.39, 0.29) is 0 Å². The molecule has 2 aromatic rings. The molecule has 0 amide bonds. The van der Waals surface area contributed by atoms with Crippen LogP contribution in [-0.2, 0) is 6.54 Å². The van der Waals surface area contributed by atoms with Crippen LogP contribution in [0.15, 0.2) is 97.3 Å². The Morgan fingerprint density at radius 1 is 1.11 bits per heavy atom. The number of likely N-dealkylation sites (N-methyl/N-ethyl adjacent to an activating group) is 1. The van der Waals surface area contributed by atoms with Crippen molar-refractivity contribution in [2.45, 2.75) is 47.1 Å².